The number of rotatable bonds is 4. The van der Waals surface area contributed by atoms with E-state index in [4.69, 9.17) is 10.7 Å². The van der Waals surface area contributed by atoms with Crippen LogP contribution in [0.15, 0.2) is 30.3 Å². The minimum Gasteiger partial charge on any atom is -0.384 e. The number of imidazole rings is 1. The van der Waals surface area contributed by atoms with E-state index in [1.807, 2.05) is 0 Å². The molecule has 0 amide bonds. The third-order valence-corrected chi connectivity index (χ3v) is 4.35. The maximum Gasteiger partial charge on any atom is 0.127 e. The summed E-state index contributed by atoms with van der Waals surface area (Å²) in [4.78, 5) is 4.84. The van der Waals surface area contributed by atoms with Crippen molar-refractivity contribution in [2.45, 2.75) is 51.5 Å². The second-order valence-electron chi connectivity index (χ2n) is 5.71. The van der Waals surface area contributed by atoms with Crippen LogP contribution in [-0.2, 0) is 13.0 Å². The number of aromatic nitrogens is 2. The molecule has 0 spiro atoms. The number of nitrogen functional groups attached to an aromatic ring is 1. The highest BCUT2D eigenvalue weighted by molar-refractivity contribution is 5.40. The number of nitrogens with zero attached hydrogens (tertiary/aromatic N) is 2. The quantitative estimate of drug-likeness (QED) is 0.919. The Morgan fingerprint density at radius 1 is 1.20 bits per heavy atom. The van der Waals surface area contributed by atoms with Crippen LogP contribution >= 0.6 is 0 Å². The molecule has 106 valence electrons. The van der Waals surface area contributed by atoms with Gasteiger partial charge in [0.2, 0.25) is 0 Å². The van der Waals surface area contributed by atoms with Crippen molar-refractivity contribution in [2.24, 2.45) is 0 Å². The molecular formula is C17H23N3. The van der Waals surface area contributed by atoms with Crippen LogP contribution in [0.1, 0.15) is 55.6 Å². The molecule has 1 fully saturated rings. The minimum atomic E-state index is 0.598. The Morgan fingerprint density at radius 3 is 2.55 bits per heavy atom. The van der Waals surface area contributed by atoms with Gasteiger partial charge in [0.25, 0.3) is 0 Å². The molecule has 1 aliphatic carbocycles. The lowest BCUT2D eigenvalue weighted by Gasteiger charge is -2.14. The van der Waals surface area contributed by atoms with Crippen molar-refractivity contribution in [3.63, 3.8) is 0 Å². The van der Waals surface area contributed by atoms with Gasteiger partial charge in [-0.15, -0.1) is 0 Å². The number of aryl methyl sites for hydroxylation is 1. The van der Waals surface area contributed by atoms with Gasteiger partial charge in [-0.2, -0.15) is 0 Å². The van der Waals surface area contributed by atoms with Crippen LogP contribution in [-0.4, -0.2) is 9.55 Å². The zero-order valence-electron chi connectivity index (χ0n) is 12.2. The Kier molecular flexibility index (Phi) is 3.77. The molecule has 0 radical (unpaired) electrons. The zero-order valence-corrected chi connectivity index (χ0v) is 12.2. The molecule has 2 N–H and O–H groups in total. The predicted molar refractivity (Wildman–Crippen MR) is 82.8 cm³/mol. The second-order valence-corrected chi connectivity index (χ2v) is 5.71. The maximum atomic E-state index is 6.33. The van der Waals surface area contributed by atoms with Crippen LogP contribution in [0.2, 0.25) is 0 Å². The van der Waals surface area contributed by atoms with Crippen molar-refractivity contribution in [2.75, 3.05) is 5.73 Å². The molecule has 1 aromatic heterocycles. The Morgan fingerprint density at radius 2 is 1.90 bits per heavy atom. The highest BCUT2D eigenvalue weighted by Gasteiger charge is 2.24. The summed E-state index contributed by atoms with van der Waals surface area (Å²) in [6.07, 6.45) is 6.07. The lowest BCUT2D eigenvalue weighted by Crippen LogP contribution is -2.11. The fourth-order valence-corrected chi connectivity index (χ4v) is 3.22. The van der Waals surface area contributed by atoms with Crippen molar-refractivity contribution < 1.29 is 0 Å². The van der Waals surface area contributed by atoms with Crippen molar-refractivity contribution in [3.8, 4) is 0 Å². The first-order chi connectivity index (χ1) is 9.79. The van der Waals surface area contributed by atoms with Crippen molar-refractivity contribution >= 4 is 5.82 Å². The Labute approximate surface area is 120 Å². The summed E-state index contributed by atoms with van der Waals surface area (Å²) in [5.41, 5.74) is 8.68. The van der Waals surface area contributed by atoms with Crippen LogP contribution in [0.5, 0.6) is 0 Å². The molecule has 3 rings (SSSR count). The van der Waals surface area contributed by atoms with Gasteiger partial charge in [-0.1, -0.05) is 50.1 Å². The Bertz CT molecular complexity index is 565. The first kappa shape index (κ1) is 13.2. The van der Waals surface area contributed by atoms with Gasteiger partial charge < -0.3 is 10.3 Å². The molecule has 2 aromatic rings. The average Bonchev–Trinajstić information content (AvgIpc) is 3.10. The molecule has 3 heteroatoms. The van der Waals surface area contributed by atoms with Gasteiger partial charge in [0.05, 0.1) is 12.2 Å². The maximum absolute atomic E-state index is 6.33. The summed E-state index contributed by atoms with van der Waals surface area (Å²) < 4.78 is 2.24. The third-order valence-electron chi connectivity index (χ3n) is 4.35. The molecule has 0 atom stereocenters. The van der Waals surface area contributed by atoms with Gasteiger partial charge >= 0.3 is 0 Å². The van der Waals surface area contributed by atoms with E-state index in [-0.39, 0.29) is 0 Å². The smallest absolute Gasteiger partial charge is 0.127 e. The Hall–Kier alpha value is -1.77. The fourth-order valence-electron chi connectivity index (χ4n) is 3.22. The normalized spacial score (nSPS) is 15.8. The molecule has 20 heavy (non-hydrogen) atoms. The minimum absolute atomic E-state index is 0.598. The molecule has 0 aliphatic heterocycles. The van der Waals surface area contributed by atoms with E-state index < -0.39 is 0 Å². The molecule has 0 unspecified atom stereocenters. The number of benzene rings is 1. The summed E-state index contributed by atoms with van der Waals surface area (Å²) >= 11 is 0. The van der Waals surface area contributed by atoms with Crippen molar-refractivity contribution in [3.05, 3.63) is 47.4 Å². The molecular weight excluding hydrogens is 246 g/mol. The number of hydrogen-bond acceptors (Lipinski definition) is 2. The van der Waals surface area contributed by atoms with E-state index in [2.05, 4.69) is 41.8 Å². The highest BCUT2D eigenvalue weighted by Crippen LogP contribution is 2.35. The molecule has 0 saturated heterocycles. The Balaban J connectivity index is 1.96. The summed E-state index contributed by atoms with van der Waals surface area (Å²) in [7, 11) is 0. The van der Waals surface area contributed by atoms with E-state index in [9.17, 15) is 0 Å². The van der Waals surface area contributed by atoms with Gasteiger partial charge in [0.15, 0.2) is 0 Å². The van der Waals surface area contributed by atoms with Gasteiger partial charge in [0, 0.05) is 5.92 Å². The van der Waals surface area contributed by atoms with Crippen molar-refractivity contribution in [1.82, 2.24) is 9.55 Å². The van der Waals surface area contributed by atoms with Gasteiger partial charge in [-0.05, 0) is 24.8 Å². The standard InChI is InChI=1S/C17H23N3/c1-2-15-16(18)20(12-13-8-4-3-5-9-13)17(19-15)14-10-6-7-11-14/h3-5,8-9,14H,2,6-7,10-12,18H2,1H3. The zero-order chi connectivity index (χ0) is 13.9. The summed E-state index contributed by atoms with van der Waals surface area (Å²) in [6, 6.07) is 10.5. The summed E-state index contributed by atoms with van der Waals surface area (Å²) in [5.74, 6) is 2.67. The van der Waals surface area contributed by atoms with E-state index in [0.29, 0.717) is 5.92 Å². The lowest BCUT2D eigenvalue weighted by atomic mass is 10.1. The number of nitrogens with two attached hydrogens (primary N) is 1. The van der Waals surface area contributed by atoms with Crippen LogP contribution in [0.4, 0.5) is 5.82 Å². The molecule has 1 saturated carbocycles. The molecule has 1 aromatic carbocycles. The topological polar surface area (TPSA) is 43.8 Å². The fraction of sp³-hybridized carbons (Fsp3) is 0.471. The van der Waals surface area contributed by atoms with E-state index in [0.717, 1.165) is 24.5 Å². The van der Waals surface area contributed by atoms with Crippen LogP contribution in [0, 0.1) is 0 Å². The van der Waals surface area contributed by atoms with Crippen LogP contribution < -0.4 is 5.73 Å². The van der Waals surface area contributed by atoms with Gasteiger partial charge in [0.1, 0.15) is 11.6 Å². The first-order valence-corrected chi connectivity index (χ1v) is 7.68. The van der Waals surface area contributed by atoms with Crippen LogP contribution in [0.25, 0.3) is 0 Å². The molecule has 0 bridgehead atoms. The third kappa shape index (κ3) is 2.45. The SMILES string of the molecule is CCc1nc(C2CCCC2)n(Cc2ccccc2)c1N. The van der Waals surface area contributed by atoms with E-state index >= 15 is 0 Å². The summed E-state index contributed by atoms with van der Waals surface area (Å²) in [5, 5.41) is 0. The van der Waals surface area contributed by atoms with E-state index in [1.54, 1.807) is 0 Å². The van der Waals surface area contributed by atoms with E-state index in [1.165, 1.54) is 37.1 Å². The largest absolute Gasteiger partial charge is 0.384 e. The van der Waals surface area contributed by atoms with Crippen molar-refractivity contribution in [1.29, 1.82) is 0 Å². The second kappa shape index (κ2) is 5.70. The lowest BCUT2D eigenvalue weighted by molar-refractivity contribution is 0.613. The molecule has 3 nitrogen and oxygen atoms in total. The molecule has 1 aliphatic rings. The number of hydrogen-bond donors (Lipinski definition) is 1. The predicted octanol–water partition coefficient (Wildman–Crippen LogP) is 3.73. The summed E-state index contributed by atoms with van der Waals surface area (Å²) in [6.45, 7) is 2.97. The number of anilines is 1. The highest BCUT2D eigenvalue weighted by atomic mass is 15.1. The van der Waals surface area contributed by atoms with Crippen LogP contribution in [0.3, 0.4) is 0 Å². The average molecular weight is 269 g/mol. The van der Waals surface area contributed by atoms with Gasteiger partial charge in [-0.3, -0.25) is 0 Å². The first-order valence-electron chi connectivity index (χ1n) is 7.68. The van der Waals surface area contributed by atoms with Gasteiger partial charge in [-0.25, -0.2) is 4.98 Å². The monoisotopic (exact) mass is 269 g/mol. The molecule has 1 heterocycles.